The third-order valence-corrected chi connectivity index (χ3v) is 3.14. The highest BCUT2D eigenvalue weighted by atomic mass is 16.3. The topological polar surface area (TPSA) is 43.0 Å². The first kappa shape index (κ1) is 12.9. The maximum Gasteiger partial charge on any atom is 0.0950 e. The summed E-state index contributed by atoms with van der Waals surface area (Å²) in [6, 6.07) is 4.45. The molecule has 0 aliphatic carbocycles. The normalized spacial score (nSPS) is 12.8. The Hall–Kier alpha value is -1.55. The predicted octanol–water partition coefficient (Wildman–Crippen LogP) is 2.83. The minimum absolute atomic E-state index is 0.337. The van der Waals surface area contributed by atoms with Gasteiger partial charge < -0.3 is 9.73 Å². The molecule has 0 spiro atoms. The fourth-order valence-corrected chi connectivity index (χ4v) is 2.09. The Morgan fingerprint density at radius 3 is 2.89 bits per heavy atom. The van der Waals surface area contributed by atoms with Gasteiger partial charge in [0.05, 0.1) is 18.2 Å². The van der Waals surface area contributed by atoms with Crippen molar-refractivity contribution in [3.63, 3.8) is 0 Å². The molecule has 1 N–H and O–H groups in total. The third-order valence-electron chi connectivity index (χ3n) is 3.14. The molecule has 0 radical (unpaired) electrons. The molecular weight excluding hydrogens is 226 g/mol. The van der Waals surface area contributed by atoms with E-state index in [2.05, 4.69) is 35.0 Å². The van der Waals surface area contributed by atoms with Gasteiger partial charge in [-0.25, -0.2) is 0 Å². The first-order valence-electron chi connectivity index (χ1n) is 6.43. The molecule has 0 aromatic carbocycles. The maximum absolute atomic E-state index is 5.08. The van der Waals surface area contributed by atoms with E-state index >= 15 is 0 Å². The van der Waals surface area contributed by atoms with Crippen LogP contribution in [-0.2, 0) is 6.54 Å². The largest absolute Gasteiger partial charge is 0.472 e. The molecule has 2 heterocycles. The van der Waals surface area contributed by atoms with Gasteiger partial charge in [-0.15, -0.1) is 0 Å². The van der Waals surface area contributed by atoms with Crippen molar-refractivity contribution in [1.82, 2.24) is 15.1 Å². The van der Waals surface area contributed by atoms with Crippen molar-refractivity contribution in [2.75, 3.05) is 6.54 Å². The van der Waals surface area contributed by atoms with E-state index in [0.29, 0.717) is 6.04 Å². The molecule has 2 aromatic rings. The van der Waals surface area contributed by atoms with Crippen molar-refractivity contribution >= 4 is 0 Å². The predicted molar refractivity (Wildman–Crippen MR) is 71.4 cm³/mol. The van der Waals surface area contributed by atoms with Crippen LogP contribution in [0.4, 0.5) is 0 Å². The number of nitrogens with one attached hydrogen (secondary N) is 1. The number of nitrogens with zero attached hydrogens (tertiary/aromatic N) is 2. The van der Waals surface area contributed by atoms with E-state index in [-0.39, 0.29) is 0 Å². The van der Waals surface area contributed by atoms with E-state index in [0.717, 1.165) is 25.2 Å². The minimum atomic E-state index is 0.337. The fraction of sp³-hybridized carbons (Fsp3) is 0.500. The van der Waals surface area contributed by atoms with Crippen LogP contribution in [0.5, 0.6) is 0 Å². The van der Waals surface area contributed by atoms with Gasteiger partial charge in [0, 0.05) is 23.8 Å². The van der Waals surface area contributed by atoms with Crippen LogP contribution in [0.15, 0.2) is 29.1 Å². The Bertz CT molecular complexity index is 473. The number of hydrogen-bond acceptors (Lipinski definition) is 3. The van der Waals surface area contributed by atoms with E-state index in [1.165, 1.54) is 11.3 Å². The van der Waals surface area contributed by atoms with Crippen LogP contribution in [-0.4, -0.2) is 16.3 Å². The van der Waals surface area contributed by atoms with Crippen molar-refractivity contribution < 1.29 is 4.42 Å². The van der Waals surface area contributed by atoms with Crippen LogP contribution in [0.25, 0.3) is 0 Å². The van der Waals surface area contributed by atoms with Gasteiger partial charge in [-0.3, -0.25) is 4.68 Å². The van der Waals surface area contributed by atoms with Gasteiger partial charge in [0.2, 0.25) is 0 Å². The van der Waals surface area contributed by atoms with E-state index in [1.807, 2.05) is 13.0 Å². The first-order chi connectivity index (χ1) is 8.66. The molecule has 0 amide bonds. The van der Waals surface area contributed by atoms with Gasteiger partial charge >= 0.3 is 0 Å². The molecule has 18 heavy (non-hydrogen) atoms. The summed E-state index contributed by atoms with van der Waals surface area (Å²) < 4.78 is 7.14. The van der Waals surface area contributed by atoms with Crippen molar-refractivity contribution in [3.8, 4) is 0 Å². The fourth-order valence-electron chi connectivity index (χ4n) is 2.09. The third kappa shape index (κ3) is 3.23. The molecule has 1 atom stereocenters. The summed E-state index contributed by atoms with van der Waals surface area (Å²) in [5, 5.41) is 7.93. The summed E-state index contributed by atoms with van der Waals surface area (Å²) in [6.07, 6.45) is 4.58. The molecule has 2 rings (SSSR count). The van der Waals surface area contributed by atoms with Crippen LogP contribution < -0.4 is 5.32 Å². The smallest absolute Gasteiger partial charge is 0.0950 e. The Balaban J connectivity index is 1.72. The second-order valence-corrected chi connectivity index (χ2v) is 4.74. The van der Waals surface area contributed by atoms with Crippen LogP contribution in [0.2, 0.25) is 0 Å². The summed E-state index contributed by atoms with van der Waals surface area (Å²) in [5.74, 6) is 0. The number of aryl methyl sites for hydroxylation is 3. The lowest BCUT2D eigenvalue weighted by molar-refractivity contribution is 0.495. The highest BCUT2D eigenvalue weighted by Gasteiger charge is 2.05. The number of furan rings is 1. The summed E-state index contributed by atoms with van der Waals surface area (Å²) in [4.78, 5) is 0. The van der Waals surface area contributed by atoms with Crippen molar-refractivity contribution in [3.05, 3.63) is 41.6 Å². The highest BCUT2D eigenvalue weighted by Crippen LogP contribution is 2.11. The minimum Gasteiger partial charge on any atom is -0.472 e. The monoisotopic (exact) mass is 247 g/mol. The van der Waals surface area contributed by atoms with Gasteiger partial charge in [-0.1, -0.05) is 0 Å². The summed E-state index contributed by atoms with van der Waals surface area (Å²) in [5.41, 5.74) is 3.52. The van der Waals surface area contributed by atoms with Gasteiger partial charge in [-0.05, 0) is 45.9 Å². The molecule has 0 aliphatic rings. The zero-order valence-corrected chi connectivity index (χ0v) is 11.3. The lowest BCUT2D eigenvalue weighted by Gasteiger charge is -2.12. The van der Waals surface area contributed by atoms with Crippen LogP contribution in [0.1, 0.15) is 36.3 Å². The van der Waals surface area contributed by atoms with E-state index < -0.39 is 0 Å². The molecule has 98 valence electrons. The van der Waals surface area contributed by atoms with Crippen LogP contribution in [0.3, 0.4) is 0 Å². The maximum atomic E-state index is 5.08. The second kappa shape index (κ2) is 5.87. The molecule has 0 saturated carbocycles. The molecule has 0 saturated heterocycles. The number of aromatic nitrogens is 2. The molecule has 1 unspecified atom stereocenters. The van der Waals surface area contributed by atoms with E-state index in [9.17, 15) is 0 Å². The van der Waals surface area contributed by atoms with E-state index in [4.69, 9.17) is 4.42 Å². The molecular formula is C14H21N3O. The molecule has 0 fully saturated rings. The standard InChI is InChI=1S/C14H21N3O/c1-11-9-12(2)17(16-11)7-4-6-15-13(3)14-5-8-18-10-14/h5,8-10,13,15H,4,6-7H2,1-3H3. The van der Waals surface area contributed by atoms with Crippen molar-refractivity contribution in [2.24, 2.45) is 0 Å². The quantitative estimate of drug-likeness (QED) is 0.798. The SMILES string of the molecule is Cc1cc(C)n(CCCNC(C)c2ccoc2)n1. The highest BCUT2D eigenvalue weighted by molar-refractivity contribution is 5.10. The second-order valence-electron chi connectivity index (χ2n) is 4.74. The lowest BCUT2D eigenvalue weighted by atomic mass is 10.2. The first-order valence-corrected chi connectivity index (χ1v) is 6.43. The van der Waals surface area contributed by atoms with Crippen molar-refractivity contribution in [1.29, 1.82) is 0 Å². The van der Waals surface area contributed by atoms with Gasteiger partial charge in [0.1, 0.15) is 0 Å². The van der Waals surface area contributed by atoms with Crippen molar-refractivity contribution in [2.45, 2.75) is 39.8 Å². The van der Waals surface area contributed by atoms with Gasteiger partial charge in [-0.2, -0.15) is 5.10 Å². The Labute approximate surface area is 108 Å². The molecule has 0 bridgehead atoms. The number of rotatable bonds is 6. The van der Waals surface area contributed by atoms with Crippen LogP contribution in [0, 0.1) is 13.8 Å². The molecule has 0 aliphatic heterocycles. The molecule has 2 aromatic heterocycles. The lowest BCUT2D eigenvalue weighted by Crippen LogP contribution is -2.21. The summed E-state index contributed by atoms with van der Waals surface area (Å²) in [6.45, 7) is 8.22. The zero-order valence-electron chi connectivity index (χ0n) is 11.3. The summed E-state index contributed by atoms with van der Waals surface area (Å²) >= 11 is 0. The van der Waals surface area contributed by atoms with Gasteiger partial charge in [0.25, 0.3) is 0 Å². The van der Waals surface area contributed by atoms with Crippen LogP contribution >= 0.6 is 0 Å². The Morgan fingerprint density at radius 1 is 1.44 bits per heavy atom. The molecule has 4 nitrogen and oxygen atoms in total. The average molecular weight is 247 g/mol. The average Bonchev–Trinajstić information content (AvgIpc) is 2.94. The zero-order chi connectivity index (χ0) is 13.0. The van der Waals surface area contributed by atoms with Gasteiger partial charge in [0.15, 0.2) is 0 Å². The Kier molecular flexibility index (Phi) is 4.20. The Morgan fingerprint density at radius 2 is 2.28 bits per heavy atom. The number of hydrogen-bond donors (Lipinski definition) is 1. The molecule has 4 heteroatoms. The summed E-state index contributed by atoms with van der Waals surface area (Å²) in [7, 11) is 0. The van der Waals surface area contributed by atoms with E-state index in [1.54, 1.807) is 12.5 Å².